The van der Waals surface area contributed by atoms with Crippen LogP contribution in [0.1, 0.15) is 21.6 Å². The summed E-state index contributed by atoms with van der Waals surface area (Å²) in [6.07, 6.45) is 0. The monoisotopic (exact) mass is 295 g/mol. The second-order valence-corrected chi connectivity index (χ2v) is 4.50. The molecule has 0 aliphatic carbocycles. The molecule has 2 rings (SSSR count). The minimum atomic E-state index is -0.586. The van der Waals surface area contributed by atoms with Crippen LogP contribution in [-0.4, -0.2) is 16.0 Å². The first kappa shape index (κ1) is 14.0. The molecule has 1 aromatic carbocycles. The first-order valence-electron chi connectivity index (χ1n) is 5.58. The van der Waals surface area contributed by atoms with Crippen LogP contribution in [0.3, 0.4) is 0 Å². The van der Waals surface area contributed by atoms with E-state index in [4.69, 9.17) is 16.1 Å². The molecule has 0 aliphatic rings. The third-order valence-electron chi connectivity index (χ3n) is 2.79. The number of amides is 1. The summed E-state index contributed by atoms with van der Waals surface area (Å²) < 4.78 is 4.96. The van der Waals surface area contributed by atoms with Crippen LogP contribution in [0.4, 0.5) is 11.6 Å². The van der Waals surface area contributed by atoms with E-state index >= 15 is 0 Å². The smallest absolute Gasteiger partial charge is 0.270 e. The lowest BCUT2D eigenvalue weighted by atomic mass is 10.2. The van der Waals surface area contributed by atoms with E-state index in [1.54, 1.807) is 13.8 Å². The van der Waals surface area contributed by atoms with Gasteiger partial charge in [0.05, 0.1) is 21.2 Å². The number of halogens is 1. The topological polar surface area (TPSA) is 98.3 Å². The number of nitrogens with one attached hydrogen (secondary N) is 1. The molecule has 8 heteroatoms. The normalized spacial score (nSPS) is 10.3. The van der Waals surface area contributed by atoms with Crippen molar-refractivity contribution in [3.63, 3.8) is 0 Å². The van der Waals surface area contributed by atoms with Gasteiger partial charge in [-0.2, -0.15) is 0 Å². The van der Waals surface area contributed by atoms with Gasteiger partial charge in [-0.05, 0) is 19.9 Å². The number of nitro groups is 1. The summed E-state index contributed by atoms with van der Waals surface area (Å²) in [5.41, 5.74) is 1.30. The zero-order valence-corrected chi connectivity index (χ0v) is 11.4. The Balaban J connectivity index is 2.26. The van der Waals surface area contributed by atoms with Crippen molar-refractivity contribution in [2.24, 2.45) is 0 Å². The number of benzene rings is 1. The quantitative estimate of drug-likeness (QED) is 0.693. The highest BCUT2D eigenvalue weighted by Crippen LogP contribution is 2.24. The summed E-state index contributed by atoms with van der Waals surface area (Å²) in [5.74, 6) is -0.300. The number of aryl methyl sites for hydroxylation is 1. The predicted octanol–water partition coefficient (Wildman–Crippen LogP) is 3.11. The Hall–Kier alpha value is -2.41. The number of aromatic nitrogens is 1. The fourth-order valence-corrected chi connectivity index (χ4v) is 1.76. The third-order valence-corrected chi connectivity index (χ3v) is 3.11. The Kier molecular flexibility index (Phi) is 3.71. The molecule has 7 nitrogen and oxygen atoms in total. The maximum Gasteiger partial charge on any atom is 0.270 e. The van der Waals surface area contributed by atoms with Crippen molar-refractivity contribution in [2.75, 3.05) is 5.32 Å². The zero-order valence-electron chi connectivity index (χ0n) is 10.6. The summed E-state index contributed by atoms with van der Waals surface area (Å²) >= 11 is 5.87. The van der Waals surface area contributed by atoms with Crippen LogP contribution < -0.4 is 5.32 Å². The van der Waals surface area contributed by atoms with Crippen LogP contribution in [-0.2, 0) is 0 Å². The SMILES string of the molecule is Cc1noc(NC(=O)c2ccc([N+](=O)[O-])cc2Cl)c1C. The molecule has 1 heterocycles. The minimum Gasteiger partial charge on any atom is -0.338 e. The fraction of sp³-hybridized carbons (Fsp3) is 0.167. The first-order chi connectivity index (χ1) is 9.40. The van der Waals surface area contributed by atoms with Crippen LogP contribution in [0.5, 0.6) is 0 Å². The number of nitrogens with zero attached hydrogens (tertiary/aromatic N) is 2. The number of non-ortho nitro benzene ring substituents is 1. The summed E-state index contributed by atoms with van der Waals surface area (Å²) in [6.45, 7) is 3.49. The van der Waals surface area contributed by atoms with E-state index in [1.807, 2.05) is 0 Å². The largest absolute Gasteiger partial charge is 0.338 e. The van der Waals surface area contributed by atoms with Gasteiger partial charge in [0.1, 0.15) is 0 Å². The molecule has 0 spiro atoms. The number of rotatable bonds is 3. The lowest BCUT2D eigenvalue weighted by Crippen LogP contribution is -2.12. The predicted molar refractivity (Wildman–Crippen MR) is 72.0 cm³/mol. The molecule has 104 valence electrons. The van der Waals surface area contributed by atoms with Gasteiger partial charge in [-0.25, -0.2) is 0 Å². The van der Waals surface area contributed by atoms with Crippen molar-refractivity contribution < 1.29 is 14.2 Å². The zero-order chi connectivity index (χ0) is 14.9. The summed E-state index contributed by atoms with van der Waals surface area (Å²) in [5, 5.41) is 16.8. The molecule has 2 aromatic rings. The molecule has 0 saturated heterocycles. The Morgan fingerprint density at radius 3 is 2.65 bits per heavy atom. The Morgan fingerprint density at radius 1 is 1.45 bits per heavy atom. The van der Waals surface area contributed by atoms with Crippen LogP contribution in [0, 0.1) is 24.0 Å². The van der Waals surface area contributed by atoms with Crippen LogP contribution in [0.15, 0.2) is 22.7 Å². The summed E-state index contributed by atoms with van der Waals surface area (Å²) in [7, 11) is 0. The third kappa shape index (κ3) is 2.62. The maximum absolute atomic E-state index is 12.0. The highest BCUT2D eigenvalue weighted by Gasteiger charge is 2.17. The fourth-order valence-electron chi connectivity index (χ4n) is 1.50. The number of hydrogen-bond acceptors (Lipinski definition) is 5. The van der Waals surface area contributed by atoms with E-state index < -0.39 is 10.8 Å². The van der Waals surface area contributed by atoms with Crippen molar-refractivity contribution >= 4 is 29.1 Å². The molecule has 0 bridgehead atoms. The minimum absolute atomic E-state index is 0.00871. The van der Waals surface area contributed by atoms with E-state index in [0.717, 1.165) is 6.07 Å². The van der Waals surface area contributed by atoms with Gasteiger partial charge in [-0.1, -0.05) is 16.8 Å². The van der Waals surface area contributed by atoms with Gasteiger partial charge in [-0.3, -0.25) is 20.2 Å². The van der Waals surface area contributed by atoms with Gasteiger partial charge in [0.15, 0.2) is 0 Å². The van der Waals surface area contributed by atoms with Gasteiger partial charge in [-0.15, -0.1) is 0 Å². The van der Waals surface area contributed by atoms with Crippen LogP contribution in [0.25, 0.3) is 0 Å². The molecule has 0 unspecified atom stereocenters. The van der Waals surface area contributed by atoms with Gasteiger partial charge in [0.2, 0.25) is 5.88 Å². The molecular weight excluding hydrogens is 286 g/mol. The van der Waals surface area contributed by atoms with E-state index in [-0.39, 0.29) is 22.2 Å². The molecule has 1 aromatic heterocycles. The van der Waals surface area contributed by atoms with Gasteiger partial charge in [0.25, 0.3) is 11.6 Å². The van der Waals surface area contributed by atoms with Crippen molar-refractivity contribution in [3.05, 3.63) is 50.2 Å². The van der Waals surface area contributed by atoms with Crippen molar-refractivity contribution in [3.8, 4) is 0 Å². The Morgan fingerprint density at radius 2 is 2.15 bits per heavy atom. The molecule has 0 radical (unpaired) electrons. The molecule has 0 atom stereocenters. The average molecular weight is 296 g/mol. The maximum atomic E-state index is 12.0. The van der Waals surface area contributed by atoms with Gasteiger partial charge < -0.3 is 4.52 Å². The number of hydrogen-bond donors (Lipinski definition) is 1. The number of carbonyl (C=O) groups excluding carboxylic acids is 1. The molecule has 20 heavy (non-hydrogen) atoms. The first-order valence-corrected chi connectivity index (χ1v) is 5.96. The van der Waals surface area contributed by atoms with Crippen LogP contribution >= 0.6 is 11.6 Å². The van der Waals surface area contributed by atoms with Crippen molar-refractivity contribution in [2.45, 2.75) is 13.8 Å². The van der Waals surface area contributed by atoms with E-state index in [2.05, 4.69) is 10.5 Å². The standard InChI is InChI=1S/C12H10ClN3O4/c1-6-7(2)15-20-12(6)14-11(17)9-4-3-8(16(18)19)5-10(9)13/h3-5H,1-2H3,(H,14,17). The lowest BCUT2D eigenvalue weighted by Gasteiger charge is -2.04. The molecular formula is C12H10ClN3O4. The summed E-state index contributed by atoms with van der Waals surface area (Å²) in [4.78, 5) is 22.0. The molecule has 0 saturated carbocycles. The van der Waals surface area contributed by atoms with Crippen LogP contribution in [0.2, 0.25) is 5.02 Å². The molecule has 1 amide bonds. The summed E-state index contributed by atoms with van der Waals surface area (Å²) in [6, 6.07) is 3.61. The van der Waals surface area contributed by atoms with Crippen molar-refractivity contribution in [1.29, 1.82) is 0 Å². The van der Waals surface area contributed by atoms with E-state index in [9.17, 15) is 14.9 Å². The van der Waals surface area contributed by atoms with E-state index in [1.165, 1.54) is 12.1 Å². The second-order valence-electron chi connectivity index (χ2n) is 4.10. The lowest BCUT2D eigenvalue weighted by molar-refractivity contribution is -0.384. The second kappa shape index (κ2) is 5.30. The molecule has 1 N–H and O–H groups in total. The van der Waals surface area contributed by atoms with Crippen molar-refractivity contribution in [1.82, 2.24) is 5.16 Å². The highest BCUT2D eigenvalue weighted by molar-refractivity contribution is 6.34. The Labute approximate surface area is 118 Å². The Bertz CT molecular complexity index is 696. The number of carbonyl (C=O) groups is 1. The molecule has 0 fully saturated rings. The van der Waals surface area contributed by atoms with Gasteiger partial charge in [0, 0.05) is 17.7 Å². The number of nitro benzene ring substituents is 1. The molecule has 0 aliphatic heterocycles. The number of anilines is 1. The van der Waals surface area contributed by atoms with Gasteiger partial charge >= 0.3 is 0 Å². The van der Waals surface area contributed by atoms with E-state index in [0.29, 0.717) is 11.3 Å². The highest BCUT2D eigenvalue weighted by atomic mass is 35.5. The average Bonchev–Trinajstić information content (AvgIpc) is 2.70.